The quantitative estimate of drug-likeness (QED) is 0.134. The fourth-order valence-electron chi connectivity index (χ4n) is 5.91. The second kappa shape index (κ2) is 14.7. The Morgan fingerprint density at radius 2 is 1.68 bits per heavy atom. The molecule has 3 aromatic carbocycles. The number of pyridine rings is 1. The second-order valence-corrected chi connectivity index (χ2v) is 14.0. The van der Waals surface area contributed by atoms with E-state index in [0.717, 1.165) is 33.3 Å². The van der Waals surface area contributed by atoms with Gasteiger partial charge < -0.3 is 25.0 Å². The highest BCUT2D eigenvalue weighted by molar-refractivity contribution is 6.07. The van der Waals surface area contributed by atoms with Crippen molar-refractivity contribution in [3.05, 3.63) is 120 Å². The maximum atomic E-state index is 13.5. The number of aryl methyl sites for hydroxylation is 1. The van der Waals surface area contributed by atoms with E-state index in [2.05, 4.69) is 51.7 Å². The summed E-state index contributed by atoms with van der Waals surface area (Å²) in [5.74, 6) is 2.06. The average Bonchev–Trinajstić information content (AvgIpc) is 3.56. The van der Waals surface area contributed by atoms with E-state index in [4.69, 9.17) is 14.6 Å². The highest BCUT2D eigenvalue weighted by Crippen LogP contribution is 2.33. The third kappa shape index (κ3) is 7.95. The van der Waals surface area contributed by atoms with Gasteiger partial charge in [-0.1, -0.05) is 57.2 Å². The lowest BCUT2D eigenvalue weighted by Crippen LogP contribution is -2.54. The molecule has 270 valence electrons. The largest absolute Gasteiger partial charge is 0.488 e. The molecule has 0 atom stereocenters. The molecule has 1 saturated heterocycles. The van der Waals surface area contributed by atoms with E-state index >= 15 is 0 Å². The van der Waals surface area contributed by atoms with Crippen LogP contribution in [0.1, 0.15) is 48.1 Å². The van der Waals surface area contributed by atoms with Crippen LogP contribution in [0.15, 0.2) is 97.5 Å². The number of aromatic nitrogens is 5. The van der Waals surface area contributed by atoms with Gasteiger partial charge in [-0.05, 0) is 54.4 Å². The number of methoxy groups -OCH3 is 1. The van der Waals surface area contributed by atoms with E-state index < -0.39 is 6.03 Å². The van der Waals surface area contributed by atoms with Gasteiger partial charge in [-0.15, -0.1) is 0 Å². The molecule has 0 radical (unpaired) electrons. The van der Waals surface area contributed by atoms with Gasteiger partial charge in [0.1, 0.15) is 35.5 Å². The highest BCUT2D eigenvalue weighted by Gasteiger charge is 2.32. The predicted molar refractivity (Wildman–Crippen MR) is 204 cm³/mol. The molecule has 3 aromatic heterocycles. The number of carbonyl (C=O) groups excluding carboxylic acids is 2. The molecule has 1 aliphatic rings. The lowest BCUT2D eigenvalue weighted by molar-refractivity contribution is -0.0194. The first-order valence-electron chi connectivity index (χ1n) is 17.3. The summed E-state index contributed by atoms with van der Waals surface area (Å²) >= 11 is 0. The Morgan fingerprint density at radius 1 is 0.868 bits per heavy atom. The van der Waals surface area contributed by atoms with Crippen LogP contribution in [0.2, 0.25) is 0 Å². The van der Waals surface area contributed by atoms with E-state index in [-0.39, 0.29) is 29.7 Å². The molecule has 0 unspecified atom stereocenters. The standard InChI is InChI=1S/C40H41N9O4/c1-25-9-8-10-27(17-25)49-37(19-34(47-49)40(2,3)4)46-39(51)44-31-13-14-33(30-12-7-6-11-29(30)31)53-24-26-15-16-41-35(18-26)45-36-21-42-32(20-43-36)38(50)48-22-28(23-48)52-5/h6-21,28H,22-24H2,1-5H3,(H,41,43,45)(H2,44,46,51). The number of nitrogens with zero attached hydrogens (tertiary/aromatic N) is 6. The molecular formula is C40H41N9O4. The molecule has 4 heterocycles. The van der Waals surface area contributed by atoms with E-state index in [9.17, 15) is 9.59 Å². The fraction of sp³-hybridized carbons (Fsp3) is 0.250. The minimum atomic E-state index is -0.391. The summed E-state index contributed by atoms with van der Waals surface area (Å²) in [6.07, 6.45) is 4.71. The van der Waals surface area contributed by atoms with Crippen LogP contribution >= 0.6 is 0 Å². The van der Waals surface area contributed by atoms with Crippen molar-refractivity contribution >= 4 is 45.9 Å². The minimum Gasteiger partial charge on any atom is -0.488 e. The number of amides is 3. The van der Waals surface area contributed by atoms with Gasteiger partial charge in [0.2, 0.25) is 0 Å². The van der Waals surface area contributed by atoms with Gasteiger partial charge >= 0.3 is 6.03 Å². The zero-order valence-electron chi connectivity index (χ0n) is 30.3. The van der Waals surface area contributed by atoms with Crippen molar-refractivity contribution in [3.8, 4) is 11.4 Å². The first kappa shape index (κ1) is 35.1. The molecule has 53 heavy (non-hydrogen) atoms. The lowest BCUT2D eigenvalue weighted by Gasteiger charge is -2.37. The molecule has 0 bridgehead atoms. The Bertz CT molecular complexity index is 2280. The van der Waals surface area contributed by atoms with Gasteiger partial charge in [-0.25, -0.2) is 24.4 Å². The summed E-state index contributed by atoms with van der Waals surface area (Å²) in [6, 6.07) is 24.7. The van der Waals surface area contributed by atoms with Crippen LogP contribution in [0.3, 0.4) is 0 Å². The Morgan fingerprint density at radius 3 is 2.42 bits per heavy atom. The third-order valence-electron chi connectivity index (χ3n) is 8.91. The first-order valence-corrected chi connectivity index (χ1v) is 17.3. The number of urea groups is 1. The van der Waals surface area contributed by atoms with Crippen LogP contribution in [-0.4, -0.2) is 67.9 Å². The van der Waals surface area contributed by atoms with Crippen LogP contribution in [0.5, 0.6) is 5.75 Å². The van der Waals surface area contributed by atoms with Crippen molar-refractivity contribution in [2.24, 2.45) is 0 Å². The Balaban J connectivity index is 1.02. The van der Waals surface area contributed by atoms with Crippen molar-refractivity contribution < 1.29 is 19.1 Å². The number of hydrogen-bond acceptors (Lipinski definition) is 9. The predicted octanol–water partition coefficient (Wildman–Crippen LogP) is 7.25. The zero-order chi connectivity index (χ0) is 37.1. The topological polar surface area (TPSA) is 148 Å². The van der Waals surface area contributed by atoms with Crippen LogP contribution in [-0.2, 0) is 16.8 Å². The Hall–Kier alpha value is -6.34. The van der Waals surface area contributed by atoms with Crippen molar-refractivity contribution in [2.45, 2.75) is 45.8 Å². The zero-order valence-corrected chi connectivity index (χ0v) is 30.3. The Kier molecular flexibility index (Phi) is 9.74. The van der Waals surface area contributed by atoms with Gasteiger partial charge in [0.15, 0.2) is 0 Å². The molecule has 1 fully saturated rings. The van der Waals surface area contributed by atoms with Crippen LogP contribution in [0, 0.1) is 6.92 Å². The average molecular weight is 712 g/mol. The molecule has 3 amide bonds. The molecule has 7 rings (SSSR count). The van der Waals surface area contributed by atoms with Crippen molar-refractivity contribution in [1.29, 1.82) is 0 Å². The van der Waals surface area contributed by atoms with E-state index in [1.165, 1.54) is 12.4 Å². The summed E-state index contributed by atoms with van der Waals surface area (Å²) in [7, 11) is 1.64. The molecule has 0 spiro atoms. The van der Waals surface area contributed by atoms with Crippen molar-refractivity contribution in [2.75, 3.05) is 36.1 Å². The molecule has 13 heteroatoms. The number of nitrogens with one attached hydrogen (secondary N) is 3. The SMILES string of the molecule is COC1CN(C(=O)c2cnc(Nc3cc(COc4ccc(NC(=O)Nc5cc(C(C)(C)C)nn5-c5cccc(C)c5)c5ccccc45)ccn3)cn2)C1. The van der Waals surface area contributed by atoms with Crippen LogP contribution < -0.4 is 20.7 Å². The van der Waals surface area contributed by atoms with Crippen molar-refractivity contribution in [3.63, 3.8) is 0 Å². The molecular weight excluding hydrogens is 670 g/mol. The number of carbonyl (C=O) groups is 2. The number of benzene rings is 3. The lowest BCUT2D eigenvalue weighted by atomic mass is 9.92. The number of ether oxygens (including phenoxy) is 2. The fourth-order valence-corrected chi connectivity index (χ4v) is 5.91. The van der Waals surface area contributed by atoms with Gasteiger partial charge in [-0.2, -0.15) is 5.10 Å². The first-order chi connectivity index (χ1) is 25.5. The molecule has 1 aliphatic heterocycles. The van der Waals surface area contributed by atoms with Gasteiger partial charge in [0, 0.05) is 48.6 Å². The van der Waals surface area contributed by atoms with Gasteiger partial charge in [-0.3, -0.25) is 10.1 Å². The summed E-state index contributed by atoms with van der Waals surface area (Å²) in [5.41, 5.74) is 4.38. The summed E-state index contributed by atoms with van der Waals surface area (Å²) in [6.45, 7) is 9.66. The molecule has 3 N–H and O–H groups in total. The highest BCUT2D eigenvalue weighted by atomic mass is 16.5. The minimum absolute atomic E-state index is 0.0685. The second-order valence-electron chi connectivity index (χ2n) is 14.0. The summed E-state index contributed by atoms with van der Waals surface area (Å²) in [5, 5.41) is 15.7. The number of hydrogen-bond donors (Lipinski definition) is 3. The van der Waals surface area contributed by atoms with Crippen LogP contribution in [0.25, 0.3) is 16.5 Å². The van der Waals surface area contributed by atoms with E-state index in [1.807, 2.05) is 85.8 Å². The van der Waals surface area contributed by atoms with E-state index in [0.29, 0.717) is 42.0 Å². The van der Waals surface area contributed by atoms with Crippen molar-refractivity contribution in [1.82, 2.24) is 29.6 Å². The molecule has 13 nitrogen and oxygen atoms in total. The smallest absolute Gasteiger partial charge is 0.324 e. The number of anilines is 4. The Labute approximate surface area is 307 Å². The number of likely N-dealkylation sites (tertiary alicyclic amines) is 1. The third-order valence-corrected chi connectivity index (χ3v) is 8.91. The molecule has 6 aromatic rings. The molecule has 0 saturated carbocycles. The summed E-state index contributed by atoms with van der Waals surface area (Å²) in [4.78, 5) is 40.8. The van der Waals surface area contributed by atoms with E-state index in [1.54, 1.807) is 22.9 Å². The normalized spacial score (nSPS) is 13.0. The summed E-state index contributed by atoms with van der Waals surface area (Å²) < 4.78 is 13.3. The number of fused-ring (bicyclic) bond motifs is 1. The monoisotopic (exact) mass is 711 g/mol. The van der Waals surface area contributed by atoms with Gasteiger partial charge in [0.25, 0.3) is 5.91 Å². The van der Waals surface area contributed by atoms with Gasteiger partial charge in [0.05, 0.1) is 35.6 Å². The number of rotatable bonds is 10. The maximum Gasteiger partial charge on any atom is 0.324 e. The molecule has 0 aliphatic carbocycles. The van der Waals surface area contributed by atoms with Crippen LogP contribution in [0.4, 0.5) is 27.9 Å². The maximum absolute atomic E-state index is 13.5.